The van der Waals surface area contributed by atoms with Gasteiger partial charge in [-0.25, -0.2) is 0 Å². The molecule has 0 saturated carbocycles. The number of para-hydroxylation sites is 1. The first-order valence-corrected chi connectivity index (χ1v) is 6.81. The molecule has 0 aliphatic heterocycles. The summed E-state index contributed by atoms with van der Waals surface area (Å²) in [5.74, 6) is 0.690. The van der Waals surface area contributed by atoms with Crippen LogP contribution in [0.4, 0.5) is 0 Å². The molecule has 5 nitrogen and oxygen atoms in total. The van der Waals surface area contributed by atoms with Crippen LogP contribution >= 0.6 is 11.6 Å². The van der Waals surface area contributed by atoms with Crippen LogP contribution < -0.4 is 0 Å². The highest BCUT2D eigenvalue weighted by Crippen LogP contribution is 2.28. The summed E-state index contributed by atoms with van der Waals surface area (Å²) in [6.45, 7) is 0. The Morgan fingerprint density at radius 3 is 2.67 bits per heavy atom. The van der Waals surface area contributed by atoms with Crippen molar-refractivity contribution >= 4 is 22.5 Å². The van der Waals surface area contributed by atoms with Gasteiger partial charge in [0.25, 0.3) is 0 Å². The van der Waals surface area contributed by atoms with Crippen LogP contribution in [0.3, 0.4) is 0 Å². The maximum Gasteiger partial charge on any atom is 0.189 e. The topological polar surface area (TPSA) is 59.4 Å². The van der Waals surface area contributed by atoms with Gasteiger partial charge in [-0.15, -0.1) is 5.10 Å². The number of aromatic nitrogens is 5. The van der Waals surface area contributed by atoms with Crippen molar-refractivity contribution in [2.45, 2.75) is 0 Å². The van der Waals surface area contributed by atoms with Crippen molar-refractivity contribution in [3.05, 3.63) is 59.8 Å². The smallest absolute Gasteiger partial charge is 0.189 e. The highest BCUT2D eigenvalue weighted by molar-refractivity contribution is 6.30. The van der Waals surface area contributed by atoms with E-state index in [1.54, 1.807) is 4.68 Å². The minimum absolute atomic E-state index is 0.681. The van der Waals surface area contributed by atoms with Gasteiger partial charge in [0.2, 0.25) is 0 Å². The lowest BCUT2D eigenvalue weighted by atomic mass is 10.1. The van der Waals surface area contributed by atoms with Crippen molar-refractivity contribution < 1.29 is 0 Å². The second-order valence-electron chi connectivity index (χ2n) is 4.64. The number of nitrogens with zero attached hydrogens (tertiary/aromatic N) is 4. The predicted octanol–water partition coefficient (Wildman–Crippen LogP) is 3.46. The molecule has 21 heavy (non-hydrogen) atoms. The van der Waals surface area contributed by atoms with Crippen LogP contribution in [0.5, 0.6) is 0 Å². The lowest BCUT2D eigenvalue weighted by molar-refractivity contribution is 0.791. The van der Waals surface area contributed by atoms with Gasteiger partial charge in [-0.3, -0.25) is 0 Å². The Bertz CT molecular complexity index is 907. The number of tetrazole rings is 1. The van der Waals surface area contributed by atoms with Crippen molar-refractivity contribution in [2.75, 3.05) is 0 Å². The van der Waals surface area contributed by atoms with Gasteiger partial charge in [-0.1, -0.05) is 29.8 Å². The Labute approximate surface area is 125 Å². The number of hydrogen-bond donors (Lipinski definition) is 1. The standard InChI is InChI=1S/C15H10ClN5/c16-10-5-7-11(8-6-10)21-15(18-19-20-21)13-9-17-14-4-2-1-3-12(13)14/h1-9,17H. The maximum atomic E-state index is 5.92. The van der Waals surface area contributed by atoms with E-state index in [9.17, 15) is 0 Å². The van der Waals surface area contributed by atoms with Gasteiger partial charge in [0.15, 0.2) is 5.82 Å². The van der Waals surface area contributed by atoms with Crippen LogP contribution in [0.15, 0.2) is 54.7 Å². The first-order chi connectivity index (χ1) is 10.3. The molecule has 6 heteroatoms. The molecule has 0 spiro atoms. The predicted molar refractivity (Wildman–Crippen MR) is 81.5 cm³/mol. The van der Waals surface area contributed by atoms with Crippen molar-refractivity contribution in [3.8, 4) is 17.1 Å². The molecule has 102 valence electrons. The molecule has 4 rings (SSSR count). The summed E-state index contributed by atoms with van der Waals surface area (Å²) in [6, 6.07) is 15.5. The van der Waals surface area contributed by atoms with Crippen molar-refractivity contribution in [3.63, 3.8) is 0 Å². The average Bonchev–Trinajstić information content (AvgIpc) is 3.14. The molecule has 0 saturated heterocycles. The van der Waals surface area contributed by atoms with E-state index < -0.39 is 0 Å². The number of nitrogens with one attached hydrogen (secondary N) is 1. The summed E-state index contributed by atoms with van der Waals surface area (Å²) in [5, 5.41) is 13.8. The molecule has 0 unspecified atom stereocenters. The van der Waals surface area contributed by atoms with Gasteiger partial charge >= 0.3 is 0 Å². The maximum absolute atomic E-state index is 5.92. The second kappa shape index (κ2) is 4.71. The summed E-state index contributed by atoms with van der Waals surface area (Å²) in [5.41, 5.74) is 2.88. The van der Waals surface area contributed by atoms with Gasteiger partial charge in [0, 0.05) is 27.7 Å². The van der Waals surface area contributed by atoms with E-state index in [2.05, 4.69) is 20.5 Å². The van der Waals surface area contributed by atoms with Crippen LogP contribution in [-0.4, -0.2) is 25.2 Å². The monoisotopic (exact) mass is 295 g/mol. The number of hydrogen-bond acceptors (Lipinski definition) is 3. The van der Waals surface area contributed by atoms with E-state index in [1.807, 2.05) is 54.7 Å². The molecule has 2 heterocycles. The summed E-state index contributed by atoms with van der Waals surface area (Å²) < 4.78 is 1.70. The minimum atomic E-state index is 0.681. The molecule has 0 aliphatic rings. The molecule has 0 aliphatic carbocycles. The Hall–Kier alpha value is -2.66. The Kier molecular flexibility index (Phi) is 2.72. The third-order valence-corrected chi connectivity index (χ3v) is 3.62. The van der Waals surface area contributed by atoms with Crippen molar-refractivity contribution in [2.24, 2.45) is 0 Å². The molecular formula is C15H10ClN5. The summed E-state index contributed by atoms with van der Waals surface area (Å²) >= 11 is 5.92. The zero-order valence-electron chi connectivity index (χ0n) is 10.9. The van der Waals surface area contributed by atoms with E-state index in [4.69, 9.17) is 11.6 Å². The largest absolute Gasteiger partial charge is 0.360 e. The molecule has 1 N–H and O–H groups in total. The fourth-order valence-corrected chi connectivity index (χ4v) is 2.49. The summed E-state index contributed by atoms with van der Waals surface area (Å²) in [6.07, 6.45) is 1.92. The molecule has 0 atom stereocenters. The van der Waals surface area contributed by atoms with Gasteiger partial charge in [0.1, 0.15) is 0 Å². The third kappa shape index (κ3) is 1.98. The third-order valence-electron chi connectivity index (χ3n) is 3.37. The molecule has 0 amide bonds. The number of fused-ring (bicyclic) bond motifs is 1. The van der Waals surface area contributed by atoms with E-state index in [-0.39, 0.29) is 0 Å². The van der Waals surface area contributed by atoms with Gasteiger partial charge < -0.3 is 4.98 Å². The lowest BCUT2D eigenvalue weighted by Crippen LogP contribution is -1.99. The van der Waals surface area contributed by atoms with Crippen LogP contribution in [0.25, 0.3) is 28.0 Å². The quantitative estimate of drug-likeness (QED) is 0.616. The molecule has 2 aromatic carbocycles. The summed E-state index contributed by atoms with van der Waals surface area (Å²) in [7, 11) is 0. The van der Waals surface area contributed by atoms with Crippen LogP contribution in [0, 0.1) is 0 Å². The van der Waals surface area contributed by atoms with E-state index in [1.165, 1.54) is 0 Å². The number of halogens is 1. The SMILES string of the molecule is Clc1ccc(-n2nnnc2-c2c[nH]c3ccccc23)cc1. The molecule has 0 radical (unpaired) electrons. The average molecular weight is 296 g/mol. The van der Waals surface area contributed by atoms with E-state index >= 15 is 0 Å². The molecule has 2 aromatic heterocycles. The van der Waals surface area contributed by atoms with Crippen molar-refractivity contribution in [1.29, 1.82) is 0 Å². The van der Waals surface area contributed by atoms with Crippen LogP contribution in [0.2, 0.25) is 5.02 Å². The van der Waals surface area contributed by atoms with Crippen LogP contribution in [0.1, 0.15) is 0 Å². The minimum Gasteiger partial charge on any atom is -0.360 e. The van der Waals surface area contributed by atoms with Crippen LogP contribution in [-0.2, 0) is 0 Å². The van der Waals surface area contributed by atoms with Gasteiger partial charge in [0.05, 0.1) is 5.69 Å². The first-order valence-electron chi connectivity index (χ1n) is 6.44. The van der Waals surface area contributed by atoms with E-state index in [0.29, 0.717) is 10.8 Å². The number of rotatable bonds is 2. The molecule has 4 aromatic rings. The highest BCUT2D eigenvalue weighted by atomic mass is 35.5. The normalized spacial score (nSPS) is 11.1. The van der Waals surface area contributed by atoms with Crippen molar-refractivity contribution in [1.82, 2.24) is 25.2 Å². The number of benzene rings is 2. The van der Waals surface area contributed by atoms with Gasteiger partial charge in [-0.2, -0.15) is 4.68 Å². The first kappa shape index (κ1) is 12.1. The zero-order chi connectivity index (χ0) is 14.2. The fraction of sp³-hybridized carbons (Fsp3) is 0. The zero-order valence-corrected chi connectivity index (χ0v) is 11.6. The Morgan fingerprint density at radius 2 is 1.81 bits per heavy atom. The Balaban J connectivity index is 1.91. The molecule has 0 bridgehead atoms. The molecule has 0 fully saturated rings. The molecular weight excluding hydrogens is 286 g/mol. The fourth-order valence-electron chi connectivity index (χ4n) is 2.37. The lowest BCUT2D eigenvalue weighted by Gasteiger charge is -2.03. The highest BCUT2D eigenvalue weighted by Gasteiger charge is 2.14. The van der Waals surface area contributed by atoms with E-state index in [0.717, 1.165) is 22.2 Å². The van der Waals surface area contributed by atoms with Gasteiger partial charge in [-0.05, 0) is 40.8 Å². The summed E-state index contributed by atoms with van der Waals surface area (Å²) in [4.78, 5) is 3.23. The Morgan fingerprint density at radius 1 is 1.00 bits per heavy atom. The number of aromatic amines is 1. The number of H-pyrrole nitrogens is 1. The second-order valence-corrected chi connectivity index (χ2v) is 5.08.